The van der Waals surface area contributed by atoms with Gasteiger partial charge in [-0.2, -0.15) is 0 Å². The molecule has 0 bridgehead atoms. The van der Waals surface area contributed by atoms with Crippen LogP contribution in [0.2, 0.25) is 0 Å². The molecule has 0 aromatic carbocycles. The average molecular weight is 173 g/mol. The summed E-state index contributed by atoms with van der Waals surface area (Å²) in [6, 6.07) is 0. The zero-order valence-corrected chi connectivity index (χ0v) is 6.99. The van der Waals surface area contributed by atoms with E-state index in [1.54, 1.807) is 6.92 Å². The summed E-state index contributed by atoms with van der Waals surface area (Å²) in [5.41, 5.74) is 0. The molecule has 0 aromatic rings. The van der Waals surface area contributed by atoms with Crippen molar-refractivity contribution < 1.29 is 19.1 Å². The molecule has 1 amide bonds. The highest BCUT2D eigenvalue weighted by molar-refractivity contribution is 5.86. The molecule has 1 rings (SSSR count). The minimum Gasteiger partial charge on any atom is -0.468 e. The van der Waals surface area contributed by atoms with Crippen molar-refractivity contribution in [2.24, 2.45) is 0 Å². The molecule has 0 unspecified atom stereocenters. The number of ether oxygens (including phenoxy) is 2. The highest BCUT2D eigenvalue weighted by Gasteiger charge is 2.40. The number of nitrogens with one attached hydrogen (secondary N) is 1. The van der Waals surface area contributed by atoms with Gasteiger partial charge in [0.1, 0.15) is 6.54 Å². The number of hydrogen-bond donors (Lipinski definition) is 1. The summed E-state index contributed by atoms with van der Waals surface area (Å²) in [7, 11) is 1.27. The number of rotatable bonds is 3. The van der Waals surface area contributed by atoms with Crippen molar-refractivity contribution >= 4 is 11.9 Å². The molecule has 1 heterocycles. The Balaban J connectivity index is 2.15. The lowest BCUT2D eigenvalue weighted by Crippen LogP contribution is -2.33. The van der Waals surface area contributed by atoms with Crippen LogP contribution in [0.1, 0.15) is 6.92 Å². The largest absolute Gasteiger partial charge is 0.468 e. The van der Waals surface area contributed by atoms with Crippen LogP contribution in [0.15, 0.2) is 0 Å². The maximum absolute atomic E-state index is 11.0. The van der Waals surface area contributed by atoms with E-state index in [0.717, 1.165) is 0 Å². The van der Waals surface area contributed by atoms with Crippen molar-refractivity contribution in [2.75, 3.05) is 13.7 Å². The van der Waals surface area contributed by atoms with Crippen LogP contribution < -0.4 is 5.32 Å². The average Bonchev–Trinajstić information content (AvgIpc) is 2.77. The third-order valence-corrected chi connectivity index (χ3v) is 1.60. The molecule has 1 N–H and O–H groups in total. The molecular formula is C7H11NO4. The fraction of sp³-hybridized carbons (Fsp3) is 0.714. The normalized spacial score (nSPS) is 26.2. The molecule has 1 fully saturated rings. The summed E-state index contributed by atoms with van der Waals surface area (Å²) in [4.78, 5) is 21.6. The van der Waals surface area contributed by atoms with Gasteiger partial charge in [0.15, 0.2) is 6.10 Å². The molecule has 0 radical (unpaired) electrons. The van der Waals surface area contributed by atoms with Gasteiger partial charge < -0.3 is 14.8 Å². The van der Waals surface area contributed by atoms with Crippen LogP contribution in [0.5, 0.6) is 0 Å². The van der Waals surface area contributed by atoms with E-state index in [2.05, 4.69) is 10.1 Å². The summed E-state index contributed by atoms with van der Waals surface area (Å²) in [6.45, 7) is 1.70. The molecule has 1 aliphatic rings. The Kier molecular flexibility index (Phi) is 2.65. The summed E-state index contributed by atoms with van der Waals surface area (Å²) in [5.74, 6) is -0.718. The lowest BCUT2D eigenvalue weighted by atomic mass is 10.3. The Hall–Kier alpha value is -1.10. The van der Waals surface area contributed by atoms with Gasteiger partial charge in [-0.3, -0.25) is 9.59 Å². The molecule has 0 aromatic heterocycles. The van der Waals surface area contributed by atoms with Gasteiger partial charge in [-0.1, -0.05) is 0 Å². The monoisotopic (exact) mass is 173 g/mol. The number of carbonyl (C=O) groups excluding carboxylic acids is 2. The van der Waals surface area contributed by atoms with Crippen molar-refractivity contribution in [1.82, 2.24) is 5.32 Å². The van der Waals surface area contributed by atoms with E-state index >= 15 is 0 Å². The fourth-order valence-corrected chi connectivity index (χ4v) is 0.793. The molecular weight excluding hydrogens is 162 g/mol. The summed E-state index contributed by atoms with van der Waals surface area (Å²) in [6.07, 6.45) is -0.405. The Morgan fingerprint density at radius 2 is 2.17 bits per heavy atom. The highest BCUT2D eigenvalue weighted by Crippen LogP contribution is 2.20. The standard InChI is InChI=1S/C7H11NO4/c1-4-6(12-4)7(10)8-3-5(9)11-2/h4,6H,3H2,1-2H3,(H,8,10)/t4-,6-/m1/s1. The topological polar surface area (TPSA) is 67.9 Å². The Morgan fingerprint density at radius 3 is 2.58 bits per heavy atom. The molecule has 1 saturated heterocycles. The van der Waals surface area contributed by atoms with Crippen LogP contribution in [0.3, 0.4) is 0 Å². The summed E-state index contributed by atoms with van der Waals surface area (Å²) >= 11 is 0. The predicted molar refractivity (Wildman–Crippen MR) is 39.4 cm³/mol. The van der Waals surface area contributed by atoms with Crippen molar-refractivity contribution in [2.45, 2.75) is 19.1 Å². The first-order valence-corrected chi connectivity index (χ1v) is 3.65. The maximum Gasteiger partial charge on any atom is 0.325 e. The van der Waals surface area contributed by atoms with Crippen molar-refractivity contribution in [3.8, 4) is 0 Å². The van der Waals surface area contributed by atoms with E-state index in [9.17, 15) is 9.59 Å². The third kappa shape index (κ3) is 2.20. The van der Waals surface area contributed by atoms with Crippen LogP contribution in [0.4, 0.5) is 0 Å². The van der Waals surface area contributed by atoms with Crippen molar-refractivity contribution in [3.05, 3.63) is 0 Å². The molecule has 0 spiro atoms. The second kappa shape index (κ2) is 3.53. The second-order valence-electron chi connectivity index (χ2n) is 2.56. The number of carbonyl (C=O) groups is 2. The fourth-order valence-electron chi connectivity index (χ4n) is 0.793. The van der Waals surface area contributed by atoms with E-state index in [4.69, 9.17) is 4.74 Å². The second-order valence-corrected chi connectivity index (χ2v) is 2.56. The van der Waals surface area contributed by atoms with Crippen molar-refractivity contribution in [3.63, 3.8) is 0 Å². The molecule has 0 aliphatic carbocycles. The molecule has 12 heavy (non-hydrogen) atoms. The smallest absolute Gasteiger partial charge is 0.325 e. The van der Waals surface area contributed by atoms with Gasteiger partial charge in [-0.25, -0.2) is 0 Å². The first-order chi connectivity index (χ1) is 5.65. The van der Waals surface area contributed by atoms with E-state index in [-0.39, 0.29) is 24.7 Å². The number of hydrogen-bond acceptors (Lipinski definition) is 4. The van der Waals surface area contributed by atoms with Gasteiger partial charge in [0.05, 0.1) is 13.2 Å². The highest BCUT2D eigenvalue weighted by atomic mass is 16.6. The Labute approximate surface area is 70.0 Å². The van der Waals surface area contributed by atoms with Crippen LogP contribution in [-0.2, 0) is 19.1 Å². The maximum atomic E-state index is 11.0. The van der Waals surface area contributed by atoms with Gasteiger partial charge in [0.2, 0.25) is 0 Å². The van der Waals surface area contributed by atoms with Gasteiger partial charge in [0, 0.05) is 0 Å². The lowest BCUT2D eigenvalue weighted by molar-refractivity contribution is -0.141. The quantitative estimate of drug-likeness (QED) is 0.442. The molecule has 1 aliphatic heterocycles. The van der Waals surface area contributed by atoms with Crippen LogP contribution >= 0.6 is 0 Å². The number of amides is 1. The summed E-state index contributed by atoms with van der Waals surface area (Å²) in [5, 5.41) is 2.39. The molecule has 0 saturated carbocycles. The first kappa shape index (κ1) is 8.99. The SMILES string of the molecule is COC(=O)CNC(=O)[C@@H]1O[C@@H]1C. The zero-order valence-electron chi connectivity index (χ0n) is 6.99. The van der Waals surface area contributed by atoms with Crippen LogP contribution in [0, 0.1) is 0 Å². The lowest BCUT2D eigenvalue weighted by Gasteiger charge is -1.99. The Bertz CT molecular complexity index is 204. The van der Waals surface area contributed by atoms with Gasteiger partial charge in [0.25, 0.3) is 5.91 Å². The molecule has 5 nitrogen and oxygen atoms in total. The molecule has 5 heteroatoms. The number of epoxide rings is 1. The Morgan fingerprint density at radius 1 is 1.58 bits per heavy atom. The molecule has 2 atom stereocenters. The first-order valence-electron chi connectivity index (χ1n) is 3.65. The minimum atomic E-state index is -0.461. The van der Waals surface area contributed by atoms with E-state index in [1.807, 2.05) is 0 Å². The number of esters is 1. The molecule has 68 valence electrons. The van der Waals surface area contributed by atoms with Gasteiger partial charge >= 0.3 is 5.97 Å². The van der Waals surface area contributed by atoms with E-state index in [1.165, 1.54) is 7.11 Å². The zero-order chi connectivity index (χ0) is 9.14. The third-order valence-electron chi connectivity index (χ3n) is 1.60. The minimum absolute atomic E-state index is 0.0253. The predicted octanol–water partition coefficient (Wildman–Crippen LogP) is -0.937. The van der Waals surface area contributed by atoms with Crippen LogP contribution in [-0.4, -0.2) is 37.7 Å². The van der Waals surface area contributed by atoms with Gasteiger partial charge in [-0.15, -0.1) is 0 Å². The number of methoxy groups -OCH3 is 1. The summed E-state index contributed by atoms with van der Waals surface area (Å²) < 4.78 is 9.21. The van der Waals surface area contributed by atoms with Gasteiger partial charge in [-0.05, 0) is 6.92 Å². The van der Waals surface area contributed by atoms with Crippen LogP contribution in [0.25, 0.3) is 0 Å². The van der Waals surface area contributed by atoms with E-state index < -0.39 is 5.97 Å². The van der Waals surface area contributed by atoms with Crippen molar-refractivity contribution in [1.29, 1.82) is 0 Å². The van der Waals surface area contributed by atoms with E-state index in [0.29, 0.717) is 0 Å².